The Morgan fingerprint density at radius 1 is 1.03 bits per heavy atom. The van der Waals surface area contributed by atoms with Crippen molar-refractivity contribution < 1.29 is 31.9 Å². The quantitative estimate of drug-likeness (QED) is 0.453. The van der Waals surface area contributed by atoms with Crippen LogP contribution in [0.4, 0.5) is 22.0 Å². The van der Waals surface area contributed by atoms with Crippen LogP contribution in [0.2, 0.25) is 0 Å². The number of halogens is 5. The summed E-state index contributed by atoms with van der Waals surface area (Å²) >= 11 is 0. The maximum Gasteiger partial charge on any atom is 0.416 e. The summed E-state index contributed by atoms with van der Waals surface area (Å²) in [6, 6.07) is 8.86. The number of aromatic nitrogens is 3. The third-order valence-corrected chi connectivity index (χ3v) is 4.71. The Labute approximate surface area is 171 Å². The van der Waals surface area contributed by atoms with E-state index in [9.17, 15) is 26.7 Å². The first-order chi connectivity index (χ1) is 14.7. The lowest BCUT2D eigenvalue weighted by molar-refractivity contribution is -0.138. The molecule has 31 heavy (non-hydrogen) atoms. The second-order valence-electron chi connectivity index (χ2n) is 6.64. The number of nitrogens with zero attached hydrogens (tertiary/aromatic N) is 3. The highest BCUT2D eigenvalue weighted by Crippen LogP contribution is 2.35. The van der Waals surface area contributed by atoms with Gasteiger partial charge in [0.05, 0.1) is 23.2 Å². The Morgan fingerprint density at radius 3 is 2.48 bits per heavy atom. The lowest BCUT2D eigenvalue weighted by Crippen LogP contribution is -2.14. The fraction of sp³-hybridized carbons (Fsp3) is 0.0952. The van der Waals surface area contributed by atoms with Gasteiger partial charge in [-0.1, -0.05) is 6.07 Å². The summed E-state index contributed by atoms with van der Waals surface area (Å²) in [7, 11) is 0. The molecule has 0 unspecified atom stereocenters. The number of carboxylic acids is 1. The number of hydrogen-bond acceptors (Lipinski definition) is 3. The Bertz CT molecular complexity index is 1310. The van der Waals surface area contributed by atoms with Crippen LogP contribution < -0.4 is 0 Å². The number of rotatable bonds is 4. The van der Waals surface area contributed by atoms with Crippen LogP contribution in [0.5, 0.6) is 0 Å². The van der Waals surface area contributed by atoms with Crippen molar-refractivity contribution in [2.24, 2.45) is 0 Å². The van der Waals surface area contributed by atoms with Crippen LogP contribution >= 0.6 is 0 Å². The van der Waals surface area contributed by atoms with E-state index in [0.717, 1.165) is 28.9 Å². The monoisotopic (exact) mass is 433 g/mol. The highest BCUT2D eigenvalue weighted by Gasteiger charge is 2.34. The summed E-state index contributed by atoms with van der Waals surface area (Å²) < 4.78 is 70.1. The van der Waals surface area contributed by atoms with E-state index in [2.05, 4.69) is 10.1 Å². The van der Waals surface area contributed by atoms with Crippen LogP contribution in [0.3, 0.4) is 0 Å². The van der Waals surface area contributed by atoms with Crippen LogP contribution in [0.15, 0.2) is 54.7 Å². The van der Waals surface area contributed by atoms with Gasteiger partial charge in [-0.2, -0.15) is 18.3 Å². The molecule has 2 aromatic heterocycles. The number of aromatic carboxylic acids is 1. The third-order valence-electron chi connectivity index (χ3n) is 4.71. The van der Waals surface area contributed by atoms with Gasteiger partial charge in [0, 0.05) is 17.3 Å². The summed E-state index contributed by atoms with van der Waals surface area (Å²) in [6.07, 6.45) is -3.38. The molecule has 0 radical (unpaired) electrons. The Balaban J connectivity index is 1.88. The molecule has 1 N–H and O–H groups in total. The van der Waals surface area contributed by atoms with Gasteiger partial charge < -0.3 is 5.11 Å². The maximum atomic E-state index is 14.6. The van der Waals surface area contributed by atoms with E-state index in [-0.39, 0.29) is 27.9 Å². The van der Waals surface area contributed by atoms with Crippen LogP contribution in [0, 0.1) is 11.6 Å². The molecule has 0 aliphatic heterocycles. The number of carboxylic acid groups (broad SMARTS) is 1. The second kappa shape index (κ2) is 7.46. The average molecular weight is 433 g/mol. The lowest BCUT2D eigenvalue weighted by atomic mass is 10.1. The van der Waals surface area contributed by atoms with Gasteiger partial charge in [0.15, 0.2) is 0 Å². The molecule has 2 aromatic carbocycles. The SMILES string of the molecule is O=C(O)c1ccc(-c2nn(Cc3c(F)cccc3C(F)(F)F)c3cccnc23)c(F)c1. The van der Waals surface area contributed by atoms with Gasteiger partial charge in [0.25, 0.3) is 0 Å². The molecule has 0 bridgehead atoms. The summed E-state index contributed by atoms with van der Waals surface area (Å²) in [5.41, 5.74) is -1.69. The van der Waals surface area contributed by atoms with Gasteiger partial charge >= 0.3 is 12.1 Å². The molecule has 10 heteroatoms. The van der Waals surface area contributed by atoms with E-state index in [1.165, 1.54) is 30.5 Å². The van der Waals surface area contributed by atoms with Crippen LogP contribution in [-0.2, 0) is 12.7 Å². The topological polar surface area (TPSA) is 68.0 Å². The molecule has 158 valence electrons. The molecule has 2 heterocycles. The molecular formula is C21H12F5N3O2. The minimum absolute atomic E-state index is 0.00469. The zero-order valence-corrected chi connectivity index (χ0v) is 15.5. The number of benzene rings is 2. The van der Waals surface area contributed by atoms with Crippen molar-refractivity contribution in [3.63, 3.8) is 0 Å². The minimum atomic E-state index is -4.78. The van der Waals surface area contributed by atoms with Gasteiger partial charge in [-0.25, -0.2) is 13.6 Å². The van der Waals surface area contributed by atoms with E-state index < -0.39 is 41.5 Å². The molecule has 0 fully saturated rings. The number of hydrogen-bond donors (Lipinski definition) is 1. The van der Waals surface area contributed by atoms with Gasteiger partial charge in [0.2, 0.25) is 0 Å². The predicted octanol–water partition coefficient (Wildman–Crippen LogP) is 5.14. The third kappa shape index (κ3) is 3.72. The first-order valence-electron chi connectivity index (χ1n) is 8.86. The van der Waals surface area contributed by atoms with Crippen molar-refractivity contribution in [1.29, 1.82) is 0 Å². The highest BCUT2D eigenvalue weighted by atomic mass is 19.4. The molecular weight excluding hydrogens is 421 g/mol. The van der Waals surface area contributed by atoms with Crippen LogP contribution in [0.25, 0.3) is 22.3 Å². The fourth-order valence-electron chi connectivity index (χ4n) is 3.29. The number of carbonyl (C=O) groups is 1. The summed E-state index contributed by atoms with van der Waals surface area (Å²) in [6.45, 7) is -0.571. The van der Waals surface area contributed by atoms with Gasteiger partial charge in [0.1, 0.15) is 22.8 Å². The summed E-state index contributed by atoms with van der Waals surface area (Å²) in [5.74, 6) is -3.27. The second-order valence-corrected chi connectivity index (χ2v) is 6.64. The van der Waals surface area contributed by atoms with Crippen LogP contribution in [-0.4, -0.2) is 25.8 Å². The molecule has 0 saturated heterocycles. The van der Waals surface area contributed by atoms with Gasteiger partial charge in [-0.3, -0.25) is 9.67 Å². The van der Waals surface area contributed by atoms with E-state index in [0.29, 0.717) is 0 Å². The number of alkyl halides is 3. The van der Waals surface area contributed by atoms with E-state index in [1.54, 1.807) is 0 Å². The van der Waals surface area contributed by atoms with Gasteiger partial charge in [-0.15, -0.1) is 0 Å². The molecule has 5 nitrogen and oxygen atoms in total. The van der Waals surface area contributed by atoms with E-state index in [1.807, 2.05) is 0 Å². The Morgan fingerprint density at radius 2 is 1.81 bits per heavy atom. The lowest BCUT2D eigenvalue weighted by Gasteiger charge is -2.14. The molecule has 0 spiro atoms. The molecule has 4 aromatic rings. The van der Waals surface area contributed by atoms with Crippen molar-refractivity contribution in [2.45, 2.75) is 12.7 Å². The van der Waals surface area contributed by atoms with Crippen molar-refractivity contribution in [2.75, 3.05) is 0 Å². The zero-order chi connectivity index (χ0) is 22.3. The van der Waals surface area contributed by atoms with Crippen molar-refractivity contribution >= 4 is 17.0 Å². The van der Waals surface area contributed by atoms with E-state index in [4.69, 9.17) is 5.11 Å². The number of fused-ring (bicyclic) bond motifs is 1. The highest BCUT2D eigenvalue weighted by molar-refractivity contribution is 5.92. The van der Waals surface area contributed by atoms with Crippen molar-refractivity contribution in [3.8, 4) is 11.3 Å². The zero-order valence-electron chi connectivity index (χ0n) is 15.5. The molecule has 0 atom stereocenters. The smallest absolute Gasteiger partial charge is 0.416 e. The molecule has 4 rings (SSSR count). The normalized spacial score (nSPS) is 11.8. The first kappa shape index (κ1) is 20.5. The van der Waals surface area contributed by atoms with Gasteiger partial charge in [-0.05, 0) is 42.5 Å². The minimum Gasteiger partial charge on any atom is -0.478 e. The summed E-state index contributed by atoms with van der Waals surface area (Å²) in [4.78, 5) is 15.2. The van der Waals surface area contributed by atoms with Crippen molar-refractivity contribution in [3.05, 3.63) is 83.1 Å². The molecule has 0 aliphatic rings. The van der Waals surface area contributed by atoms with E-state index >= 15 is 0 Å². The average Bonchev–Trinajstić information content (AvgIpc) is 3.07. The predicted molar refractivity (Wildman–Crippen MR) is 100 cm³/mol. The Hall–Kier alpha value is -3.82. The van der Waals surface area contributed by atoms with Crippen LogP contribution in [0.1, 0.15) is 21.5 Å². The fourth-order valence-corrected chi connectivity index (χ4v) is 3.29. The maximum absolute atomic E-state index is 14.6. The molecule has 0 saturated carbocycles. The number of pyridine rings is 1. The molecule has 0 aliphatic carbocycles. The Kier molecular flexibility index (Phi) is 4.92. The largest absolute Gasteiger partial charge is 0.478 e. The molecule has 0 amide bonds. The summed E-state index contributed by atoms with van der Waals surface area (Å²) in [5, 5.41) is 13.2. The first-order valence-corrected chi connectivity index (χ1v) is 8.86. The standard InChI is InChI=1S/C21H12F5N3O2/c22-15-4-1-3-14(21(24,25)26)13(15)10-29-17-5-2-8-27-19(17)18(28-29)12-7-6-11(20(30)31)9-16(12)23/h1-9H,10H2,(H,30,31). The van der Waals surface area contributed by atoms with Crippen molar-refractivity contribution in [1.82, 2.24) is 14.8 Å².